The number of amides is 1. The first-order chi connectivity index (χ1) is 14.6. The first-order valence-corrected chi connectivity index (χ1v) is 13.0. The Labute approximate surface area is 184 Å². The van der Waals surface area contributed by atoms with Crippen LogP contribution in [-0.4, -0.2) is 35.9 Å². The molecule has 2 saturated carbocycles. The van der Waals surface area contributed by atoms with Crippen LogP contribution in [-0.2, 0) is 28.6 Å². The summed E-state index contributed by atoms with van der Waals surface area (Å²) in [5.74, 6) is 0.393. The number of aromatic nitrogens is 2. The Morgan fingerprint density at radius 1 is 1.23 bits per heavy atom. The summed E-state index contributed by atoms with van der Waals surface area (Å²) in [6.07, 6.45) is 3.88. The van der Waals surface area contributed by atoms with Gasteiger partial charge in [-0.05, 0) is 41.6 Å². The number of sulfone groups is 1. The van der Waals surface area contributed by atoms with Crippen molar-refractivity contribution in [3.63, 3.8) is 0 Å². The maximum absolute atomic E-state index is 13.5. The first kappa shape index (κ1) is 20.7. The van der Waals surface area contributed by atoms with Crippen LogP contribution in [0.4, 0.5) is 0 Å². The van der Waals surface area contributed by atoms with Gasteiger partial charge in [-0.1, -0.05) is 51.1 Å². The zero-order chi connectivity index (χ0) is 22.0. The third kappa shape index (κ3) is 3.41. The van der Waals surface area contributed by atoms with Crippen molar-refractivity contribution in [1.29, 1.82) is 0 Å². The molecule has 0 spiro atoms. The lowest BCUT2D eigenvalue weighted by atomic mass is 9.68. The third-order valence-corrected chi connectivity index (χ3v) is 9.67. The summed E-state index contributed by atoms with van der Waals surface area (Å²) >= 11 is 0. The molecule has 5 rings (SSSR count). The summed E-state index contributed by atoms with van der Waals surface area (Å²) in [5.41, 5.74) is 2.96. The Morgan fingerprint density at radius 3 is 2.65 bits per heavy atom. The highest BCUT2D eigenvalue weighted by Gasteiger charge is 2.59. The van der Waals surface area contributed by atoms with Crippen molar-refractivity contribution in [1.82, 2.24) is 15.1 Å². The summed E-state index contributed by atoms with van der Waals surface area (Å²) in [7, 11) is -3.22. The molecule has 2 fully saturated rings. The Kier molecular flexibility index (Phi) is 4.63. The number of hydrogen-bond acceptors (Lipinski definition) is 4. The van der Waals surface area contributed by atoms with Gasteiger partial charge in [0.1, 0.15) is 0 Å². The maximum Gasteiger partial charge on any atom is 0.272 e. The van der Waals surface area contributed by atoms with E-state index < -0.39 is 9.84 Å². The Balaban J connectivity index is 1.49. The fraction of sp³-hybridized carbons (Fsp3) is 0.583. The van der Waals surface area contributed by atoms with E-state index in [1.54, 1.807) is 0 Å². The van der Waals surface area contributed by atoms with E-state index in [0.29, 0.717) is 24.4 Å². The molecule has 2 unspecified atom stereocenters. The van der Waals surface area contributed by atoms with Crippen LogP contribution in [0.25, 0.3) is 0 Å². The quantitative estimate of drug-likeness (QED) is 0.789. The van der Waals surface area contributed by atoms with Crippen LogP contribution in [0, 0.1) is 16.7 Å². The number of fused-ring (bicyclic) bond motifs is 3. The van der Waals surface area contributed by atoms with E-state index in [4.69, 9.17) is 0 Å². The van der Waals surface area contributed by atoms with Crippen LogP contribution in [0.3, 0.4) is 0 Å². The molecular weight excluding hydrogens is 410 g/mol. The van der Waals surface area contributed by atoms with Gasteiger partial charge in [0.15, 0.2) is 15.5 Å². The molecule has 7 heteroatoms. The molecule has 31 heavy (non-hydrogen) atoms. The summed E-state index contributed by atoms with van der Waals surface area (Å²) in [5, 5.41) is 7.97. The molecule has 0 saturated heterocycles. The largest absolute Gasteiger partial charge is 0.347 e. The van der Waals surface area contributed by atoms with Gasteiger partial charge in [-0.25, -0.2) is 8.42 Å². The molecule has 2 aliphatic carbocycles. The van der Waals surface area contributed by atoms with Crippen molar-refractivity contribution >= 4 is 15.7 Å². The zero-order valence-electron chi connectivity index (χ0n) is 18.5. The molecule has 166 valence electrons. The highest BCUT2D eigenvalue weighted by Crippen LogP contribution is 2.62. The lowest BCUT2D eigenvalue weighted by molar-refractivity contribution is 0.0732. The van der Waals surface area contributed by atoms with Crippen molar-refractivity contribution in [2.24, 2.45) is 16.7 Å². The molecule has 1 aromatic heterocycles. The molecule has 1 N–H and O–H groups in total. The average molecular weight is 442 g/mol. The van der Waals surface area contributed by atoms with Crippen LogP contribution in [0.5, 0.6) is 0 Å². The molecule has 2 bridgehead atoms. The zero-order valence-corrected chi connectivity index (χ0v) is 19.3. The summed E-state index contributed by atoms with van der Waals surface area (Å²) < 4.78 is 26.6. The second-order valence-electron chi connectivity index (χ2n) is 10.6. The number of nitrogens with zero attached hydrogens (tertiary/aromatic N) is 2. The van der Waals surface area contributed by atoms with E-state index in [9.17, 15) is 13.2 Å². The van der Waals surface area contributed by atoms with Gasteiger partial charge < -0.3 is 5.32 Å². The van der Waals surface area contributed by atoms with Gasteiger partial charge in [0.05, 0.1) is 18.1 Å². The average Bonchev–Trinajstić information content (AvgIpc) is 3.32. The second kappa shape index (κ2) is 6.92. The normalized spacial score (nSPS) is 30.2. The number of benzene rings is 1. The minimum absolute atomic E-state index is 0.0292. The molecule has 1 amide bonds. The summed E-state index contributed by atoms with van der Waals surface area (Å²) in [6, 6.07) is 10.0. The third-order valence-electron chi connectivity index (χ3n) is 8.12. The van der Waals surface area contributed by atoms with Gasteiger partial charge in [0.2, 0.25) is 0 Å². The summed E-state index contributed by atoms with van der Waals surface area (Å²) in [4.78, 5) is 13.5. The number of carbonyl (C=O) groups is 1. The number of hydrogen-bond donors (Lipinski definition) is 1. The van der Waals surface area contributed by atoms with Crippen molar-refractivity contribution in [2.45, 2.75) is 64.8 Å². The van der Waals surface area contributed by atoms with E-state index in [1.165, 1.54) is 6.42 Å². The molecule has 2 aromatic rings. The molecule has 1 aliphatic heterocycles. The molecular formula is C24H31N3O3S. The Hall–Kier alpha value is -2.15. The maximum atomic E-state index is 13.5. The molecule has 3 atom stereocenters. The first-order valence-electron chi connectivity index (χ1n) is 11.2. The van der Waals surface area contributed by atoms with Gasteiger partial charge in [-0.2, -0.15) is 5.10 Å². The fourth-order valence-electron chi connectivity index (χ4n) is 6.44. The van der Waals surface area contributed by atoms with Crippen molar-refractivity contribution in [3.05, 3.63) is 52.8 Å². The van der Waals surface area contributed by atoms with E-state index in [2.05, 4.69) is 31.2 Å². The van der Waals surface area contributed by atoms with E-state index in [0.717, 1.165) is 24.1 Å². The highest BCUT2D eigenvalue weighted by atomic mass is 32.2. The van der Waals surface area contributed by atoms with Crippen LogP contribution >= 0.6 is 0 Å². The van der Waals surface area contributed by atoms with Crippen molar-refractivity contribution in [2.75, 3.05) is 5.75 Å². The number of nitrogens with one attached hydrogen (secondary N) is 1. The predicted molar refractivity (Wildman–Crippen MR) is 119 cm³/mol. The SMILES string of the molecule is CC1(C)C2CC[C@](C)(C2)C1NC(=O)c1nn(Cc2ccccc2)c2c1CS(=O)(=O)CC2. The standard InChI is InChI=1S/C24H31N3O3S/c1-23(2)17-9-11-24(3,13-17)22(23)25-21(28)20-18-15-31(29,30)12-10-19(18)27(26-20)14-16-7-5-4-6-8-16/h4-8,17,22H,9-15H2,1-3H3,(H,25,28)/t17?,22?,24-/m1/s1. The number of carbonyl (C=O) groups excluding carboxylic acids is 1. The smallest absolute Gasteiger partial charge is 0.272 e. The fourth-order valence-corrected chi connectivity index (χ4v) is 7.83. The molecule has 2 heterocycles. The van der Waals surface area contributed by atoms with Gasteiger partial charge in [-0.15, -0.1) is 0 Å². The Bertz CT molecular complexity index is 1130. The lowest BCUT2D eigenvalue weighted by Crippen LogP contribution is -2.52. The Morgan fingerprint density at radius 2 is 1.97 bits per heavy atom. The minimum atomic E-state index is -3.22. The molecule has 1 aromatic carbocycles. The molecule has 3 aliphatic rings. The van der Waals surface area contributed by atoms with Gasteiger partial charge >= 0.3 is 0 Å². The van der Waals surface area contributed by atoms with Crippen LogP contribution < -0.4 is 5.32 Å². The molecule has 6 nitrogen and oxygen atoms in total. The van der Waals surface area contributed by atoms with E-state index in [-0.39, 0.29) is 40.0 Å². The van der Waals surface area contributed by atoms with Crippen molar-refractivity contribution in [3.8, 4) is 0 Å². The van der Waals surface area contributed by atoms with Crippen LogP contribution in [0.15, 0.2) is 30.3 Å². The summed E-state index contributed by atoms with van der Waals surface area (Å²) in [6.45, 7) is 7.31. The highest BCUT2D eigenvalue weighted by molar-refractivity contribution is 7.90. The minimum Gasteiger partial charge on any atom is -0.347 e. The lowest BCUT2D eigenvalue weighted by Gasteiger charge is -2.43. The van der Waals surface area contributed by atoms with Gasteiger partial charge in [0, 0.05) is 23.7 Å². The van der Waals surface area contributed by atoms with Gasteiger partial charge in [0.25, 0.3) is 5.91 Å². The van der Waals surface area contributed by atoms with Crippen LogP contribution in [0.1, 0.15) is 67.3 Å². The van der Waals surface area contributed by atoms with Crippen LogP contribution in [0.2, 0.25) is 0 Å². The topological polar surface area (TPSA) is 81.1 Å². The second-order valence-corrected chi connectivity index (χ2v) is 12.8. The monoisotopic (exact) mass is 441 g/mol. The predicted octanol–water partition coefficient (Wildman–Crippen LogP) is 3.35. The van der Waals surface area contributed by atoms with Crippen molar-refractivity contribution < 1.29 is 13.2 Å². The van der Waals surface area contributed by atoms with Gasteiger partial charge in [-0.3, -0.25) is 9.48 Å². The molecule has 0 radical (unpaired) electrons. The van der Waals surface area contributed by atoms with E-state index in [1.807, 2.05) is 35.0 Å². The van der Waals surface area contributed by atoms with E-state index >= 15 is 0 Å². The number of rotatable bonds is 4.